The topological polar surface area (TPSA) is 20.3 Å². The van der Waals surface area contributed by atoms with Gasteiger partial charge in [0, 0.05) is 4.91 Å². The summed E-state index contributed by atoms with van der Waals surface area (Å²) in [4.78, 5) is 15.1. The first-order chi connectivity index (χ1) is 12.5. The molecule has 1 aromatic carbocycles. The van der Waals surface area contributed by atoms with Crippen molar-refractivity contribution < 1.29 is 4.79 Å². The molecule has 0 saturated heterocycles. The van der Waals surface area contributed by atoms with Gasteiger partial charge < -0.3 is 4.90 Å². The van der Waals surface area contributed by atoms with Crippen LogP contribution >= 0.6 is 11.8 Å². The van der Waals surface area contributed by atoms with Crippen molar-refractivity contribution >= 4 is 17.5 Å². The van der Waals surface area contributed by atoms with Crippen LogP contribution in [0.15, 0.2) is 65.7 Å². The third kappa shape index (κ3) is 8.09. The summed E-state index contributed by atoms with van der Waals surface area (Å²) < 4.78 is 0. The first-order valence-electron chi connectivity index (χ1n) is 9.46. The molecule has 0 amide bonds. The SMILES string of the molecule is C=CC1=C(/C=C\C)SCN1C(CCC)C(C)=O.CC.Cc1ccccc1. The average Bonchev–Trinajstić information content (AvgIpc) is 3.05. The zero-order valence-corrected chi connectivity index (χ0v) is 18.1. The van der Waals surface area contributed by atoms with Crippen LogP contribution in [0.1, 0.15) is 53.0 Å². The highest BCUT2D eigenvalue weighted by Gasteiger charge is 2.28. The van der Waals surface area contributed by atoms with E-state index in [1.54, 1.807) is 18.7 Å². The molecule has 3 heteroatoms. The highest BCUT2D eigenvalue weighted by Crippen LogP contribution is 2.35. The molecule has 0 spiro atoms. The van der Waals surface area contributed by atoms with Gasteiger partial charge in [0.15, 0.2) is 5.78 Å². The van der Waals surface area contributed by atoms with Gasteiger partial charge in [0.1, 0.15) is 0 Å². The molecule has 0 aromatic heterocycles. The number of carbonyl (C=O) groups excluding carboxylic acids is 1. The summed E-state index contributed by atoms with van der Waals surface area (Å²) in [7, 11) is 0. The Labute approximate surface area is 165 Å². The second-order valence-corrected chi connectivity index (χ2v) is 6.75. The van der Waals surface area contributed by atoms with Crippen LogP contribution in [0.2, 0.25) is 0 Å². The Morgan fingerprint density at radius 1 is 1.31 bits per heavy atom. The lowest BCUT2D eigenvalue weighted by molar-refractivity contribution is -0.121. The van der Waals surface area contributed by atoms with Crippen LogP contribution in [0, 0.1) is 6.92 Å². The molecule has 2 rings (SSSR count). The van der Waals surface area contributed by atoms with Gasteiger partial charge in [0.05, 0.1) is 17.6 Å². The number of hydrogen-bond acceptors (Lipinski definition) is 3. The van der Waals surface area contributed by atoms with Gasteiger partial charge in [-0.2, -0.15) is 0 Å². The van der Waals surface area contributed by atoms with Crippen LogP contribution in [-0.4, -0.2) is 22.6 Å². The van der Waals surface area contributed by atoms with E-state index < -0.39 is 0 Å². The van der Waals surface area contributed by atoms with E-state index in [9.17, 15) is 4.79 Å². The molecule has 1 unspecified atom stereocenters. The van der Waals surface area contributed by atoms with E-state index in [0.717, 1.165) is 24.4 Å². The Morgan fingerprint density at radius 2 is 1.92 bits per heavy atom. The van der Waals surface area contributed by atoms with Crippen molar-refractivity contribution in [2.24, 2.45) is 0 Å². The Bertz CT molecular complexity index is 589. The normalized spacial score (nSPS) is 14.3. The number of rotatable bonds is 6. The predicted molar refractivity (Wildman–Crippen MR) is 118 cm³/mol. The van der Waals surface area contributed by atoms with Crippen LogP contribution in [0.25, 0.3) is 0 Å². The summed E-state index contributed by atoms with van der Waals surface area (Å²) >= 11 is 1.77. The number of carbonyl (C=O) groups is 1. The molecule has 26 heavy (non-hydrogen) atoms. The predicted octanol–water partition coefficient (Wildman–Crippen LogP) is 6.75. The molecule has 1 aliphatic rings. The van der Waals surface area contributed by atoms with Gasteiger partial charge in [-0.25, -0.2) is 0 Å². The number of nitrogens with zero attached hydrogens (tertiary/aromatic N) is 1. The van der Waals surface area contributed by atoms with Crippen molar-refractivity contribution in [1.82, 2.24) is 4.90 Å². The third-order valence-corrected chi connectivity index (χ3v) is 4.84. The fourth-order valence-electron chi connectivity index (χ4n) is 2.57. The first kappa shape index (κ1) is 24.3. The van der Waals surface area contributed by atoms with Gasteiger partial charge in [-0.15, -0.1) is 11.8 Å². The van der Waals surface area contributed by atoms with Crippen molar-refractivity contribution in [2.45, 2.75) is 60.4 Å². The van der Waals surface area contributed by atoms with Gasteiger partial charge in [-0.1, -0.05) is 81.8 Å². The quantitative estimate of drug-likeness (QED) is 0.550. The fourth-order valence-corrected chi connectivity index (χ4v) is 3.75. The maximum Gasteiger partial charge on any atom is 0.152 e. The molecule has 0 radical (unpaired) electrons. The van der Waals surface area contributed by atoms with Crippen LogP contribution < -0.4 is 0 Å². The molecule has 0 saturated carbocycles. The summed E-state index contributed by atoms with van der Waals surface area (Å²) in [5.41, 5.74) is 2.42. The minimum absolute atomic E-state index is 0.00301. The minimum atomic E-state index is 0.00301. The van der Waals surface area contributed by atoms with E-state index in [1.807, 2.05) is 51.1 Å². The summed E-state index contributed by atoms with van der Waals surface area (Å²) in [5.74, 6) is 1.10. The number of hydrogen-bond donors (Lipinski definition) is 0. The van der Waals surface area contributed by atoms with E-state index in [1.165, 1.54) is 10.5 Å². The second kappa shape index (κ2) is 14.4. The lowest BCUT2D eigenvalue weighted by Crippen LogP contribution is -2.37. The molecule has 1 aliphatic heterocycles. The van der Waals surface area contributed by atoms with Gasteiger partial charge in [-0.05, 0) is 33.3 Å². The van der Waals surface area contributed by atoms with Gasteiger partial charge >= 0.3 is 0 Å². The summed E-state index contributed by atoms with van der Waals surface area (Å²) in [6.07, 6.45) is 7.91. The average molecular weight is 374 g/mol. The number of benzene rings is 1. The van der Waals surface area contributed by atoms with Crippen molar-refractivity contribution in [1.29, 1.82) is 0 Å². The van der Waals surface area contributed by atoms with Crippen molar-refractivity contribution in [2.75, 3.05) is 5.88 Å². The number of thioether (sulfide) groups is 1. The molecule has 0 N–H and O–H groups in total. The smallest absolute Gasteiger partial charge is 0.152 e. The van der Waals surface area contributed by atoms with Crippen LogP contribution in [-0.2, 0) is 4.79 Å². The van der Waals surface area contributed by atoms with E-state index in [-0.39, 0.29) is 11.8 Å². The second-order valence-electron chi connectivity index (χ2n) is 5.77. The van der Waals surface area contributed by atoms with E-state index in [0.29, 0.717) is 0 Å². The fraction of sp³-hybridized carbons (Fsp3) is 0.435. The van der Waals surface area contributed by atoms with E-state index >= 15 is 0 Å². The van der Waals surface area contributed by atoms with Gasteiger partial charge in [0.25, 0.3) is 0 Å². The van der Waals surface area contributed by atoms with Crippen molar-refractivity contribution in [3.05, 3.63) is 71.3 Å². The molecular formula is C23H35NOS. The zero-order chi connectivity index (χ0) is 19.9. The molecule has 0 fully saturated rings. The Hall–Kier alpha value is -1.74. The highest BCUT2D eigenvalue weighted by molar-refractivity contribution is 8.03. The first-order valence-corrected chi connectivity index (χ1v) is 10.4. The summed E-state index contributed by atoms with van der Waals surface area (Å²) in [6.45, 7) is 15.8. The van der Waals surface area contributed by atoms with Gasteiger partial charge in [0.2, 0.25) is 0 Å². The number of Topliss-reactive ketones (excluding diaryl/α,β-unsaturated/α-hetero) is 1. The monoisotopic (exact) mass is 373 g/mol. The third-order valence-electron chi connectivity index (χ3n) is 3.78. The Kier molecular flexibility index (Phi) is 13.5. The lowest BCUT2D eigenvalue weighted by Gasteiger charge is -2.28. The molecule has 1 heterocycles. The Balaban J connectivity index is 0.000000575. The number of aryl methyl sites for hydroxylation is 1. The van der Waals surface area contributed by atoms with Crippen LogP contribution in [0.5, 0.6) is 0 Å². The molecule has 0 bridgehead atoms. The highest BCUT2D eigenvalue weighted by atomic mass is 32.2. The van der Waals surface area contributed by atoms with Crippen molar-refractivity contribution in [3.8, 4) is 0 Å². The maximum absolute atomic E-state index is 11.7. The maximum atomic E-state index is 11.7. The molecular weight excluding hydrogens is 338 g/mol. The summed E-state index contributed by atoms with van der Waals surface area (Å²) in [6, 6.07) is 10.3. The molecule has 2 nitrogen and oxygen atoms in total. The largest absolute Gasteiger partial charge is 0.351 e. The minimum Gasteiger partial charge on any atom is -0.351 e. The lowest BCUT2D eigenvalue weighted by atomic mass is 10.1. The van der Waals surface area contributed by atoms with E-state index in [4.69, 9.17) is 0 Å². The van der Waals surface area contributed by atoms with E-state index in [2.05, 4.69) is 43.5 Å². The standard InChI is InChI=1S/C14H21NOS.C7H8.C2H6/c1-5-8-13(11(4)16)15-10-17-14(9-6-2)12(15)7-3;1-7-5-3-2-4-6-7;1-2/h6-7,9,13H,3,5,8,10H2,1-2,4H3;2-6H,1H3;1-2H3/b9-6-;;. The molecule has 1 aromatic rings. The Morgan fingerprint density at radius 3 is 2.31 bits per heavy atom. The van der Waals surface area contributed by atoms with Crippen LogP contribution in [0.4, 0.5) is 0 Å². The molecule has 144 valence electrons. The number of ketones is 1. The summed E-state index contributed by atoms with van der Waals surface area (Å²) in [5, 5.41) is 0. The van der Waals surface area contributed by atoms with Crippen molar-refractivity contribution in [3.63, 3.8) is 0 Å². The molecule has 1 atom stereocenters. The van der Waals surface area contributed by atoms with Gasteiger partial charge in [-0.3, -0.25) is 4.79 Å². The van der Waals surface area contributed by atoms with Crippen LogP contribution in [0.3, 0.4) is 0 Å². The number of allylic oxidation sites excluding steroid dienone is 3. The molecule has 0 aliphatic carbocycles. The zero-order valence-electron chi connectivity index (χ0n) is 17.3.